The van der Waals surface area contributed by atoms with Crippen molar-refractivity contribution in [1.29, 1.82) is 0 Å². The van der Waals surface area contributed by atoms with Crippen LogP contribution in [0.5, 0.6) is 23.0 Å². The lowest BCUT2D eigenvalue weighted by molar-refractivity contribution is -0.133. The van der Waals surface area contributed by atoms with Gasteiger partial charge in [0, 0.05) is 5.56 Å². The lowest BCUT2D eigenvalue weighted by Crippen LogP contribution is -2.04. The number of carbonyl (C=O) groups is 1. The third kappa shape index (κ3) is 3.12. The second-order valence-electron chi connectivity index (χ2n) is 4.50. The number of carbonyl (C=O) groups excluding carboxylic acids is 1. The molecule has 0 amide bonds. The molecule has 114 valence electrons. The largest absolute Gasteiger partial charge is 0.508 e. The van der Waals surface area contributed by atoms with Crippen LogP contribution in [-0.2, 0) is 9.53 Å². The summed E-state index contributed by atoms with van der Waals surface area (Å²) in [6, 6.07) is 7.72. The highest BCUT2D eigenvalue weighted by Crippen LogP contribution is 2.32. The van der Waals surface area contributed by atoms with E-state index in [0.29, 0.717) is 5.56 Å². The molecular formula is C16H14O6. The summed E-state index contributed by atoms with van der Waals surface area (Å²) < 4.78 is 4.68. The van der Waals surface area contributed by atoms with Crippen LogP contribution in [0.25, 0.3) is 11.6 Å². The Hall–Kier alpha value is -3.15. The van der Waals surface area contributed by atoms with Crippen LogP contribution < -0.4 is 0 Å². The van der Waals surface area contributed by atoms with Gasteiger partial charge in [-0.3, -0.25) is 0 Å². The van der Waals surface area contributed by atoms with Crippen molar-refractivity contribution < 1.29 is 30.0 Å². The average molecular weight is 302 g/mol. The van der Waals surface area contributed by atoms with E-state index in [2.05, 4.69) is 4.74 Å². The van der Waals surface area contributed by atoms with E-state index in [9.17, 15) is 25.2 Å². The van der Waals surface area contributed by atoms with E-state index in [0.717, 1.165) is 0 Å². The van der Waals surface area contributed by atoms with Gasteiger partial charge < -0.3 is 25.2 Å². The second-order valence-corrected chi connectivity index (χ2v) is 4.50. The number of aromatic hydroxyl groups is 4. The third-order valence-electron chi connectivity index (χ3n) is 2.99. The first-order valence-electron chi connectivity index (χ1n) is 6.26. The Balaban J connectivity index is 2.59. The molecule has 0 saturated carbocycles. The van der Waals surface area contributed by atoms with Gasteiger partial charge in [-0.05, 0) is 42.0 Å². The second kappa shape index (κ2) is 6.09. The van der Waals surface area contributed by atoms with Gasteiger partial charge in [0.25, 0.3) is 0 Å². The van der Waals surface area contributed by atoms with Crippen LogP contribution in [0.2, 0.25) is 0 Å². The number of methoxy groups -OCH3 is 1. The summed E-state index contributed by atoms with van der Waals surface area (Å²) in [4.78, 5) is 11.9. The molecule has 2 aromatic carbocycles. The number of esters is 1. The molecule has 6 heteroatoms. The molecule has 0 aromatic heterocycles. The molecule has 0 spiro atoms. The Kier molecular flexibility index (Phi) is 4.22. The van der Waals surface area contributed by atoms with E-state index in [1.807, 2.05) is 0 Å². The first-order valence-corrected chi connectivity index (χ1v) is 6.26. The lowest BCUT2D eigenvalue weighted by atomic mass is 10.0. The fraction of sp³-hybridized carbons (Fsp3) is 0.0625. The maximum absolute atomic E-state index is 11.9. The smallest absolute Gasteiger partial charge is 0.338 e. The monoisotopic (exact) mass is 302 g/mol. The molecule has 0 fully saturated rings. The Bertz CT molecular complexity index is 748. The van der Waals surface area contributed by atoms with Gasteiger partial charge in [0.05, 0.1) is 12.7 Å². The highest BCUT2D eigenvalue weighted by Gasteiger charge is 2.17. The zero-order chi connectivity index (χ0) is 16.3. The number of ether oxygens (including phenoxy) is 1. The van der Waals surface area contributed by atoms with Crippen molar-refractivity contribution in [3.05, 3.63) is 47.5 Å². The van der Waals surface area contributed by atoms with Crippen LogP contribution in [0, 0.1) is 0 Å². The Morgan fingerprint density at radius 3 is 2.27 bits per heavy atom. The number of phenolic OH excluding ortho intramolecular Hbond substituents is 4. The molecule has 2 aromatic rings. The van der Waals surface area contributed by atoms with E-state index < -0.39 is 5.97 Å². The Labute approximate surface area is 126 Å². The molecule has 0 heterocycles. The summed E-state index contributed by atoms with van der Waals surface area (Å²) in [5.41, 5.74) is 0.471. The highest BCUT2D eigenvalue weighted by atomic mass is 16.5. The topological polar surface area (TPSA) is 107 Å². The van der Waals surface area contributed by atoms with Gasteiger partial charge in [-0.2, -0.15) is 0 Å². The number of hydrogen-bond acceptors (Lipinski definition) is 6. The van der Waals surface area contributed by atoms with Gasteiger partial charge >= 0.3 is 5.97 Å². The molecule has 0 atom stereocenters. The molecule has 4 N–H and O–H groups in total. The molecule has 6 nitrogen and oxygen atoms in total. The predicted molar refractivity (Wildman–Crippen MR) is 79.4 cm³/mol. The van der Waals surface area contributed by atoms with Gasteiger partial charge in [0.2, 0.25) is 0 Å². The van der Waals surface area contributed by atoms with Crippen molar-refractivity contribution in [3.8, 4) is 23.0 Å². The molecular weight excluding hydrogens is 288 g/mol. The van der Waals surface area contributed by atoms with Crippen LogP contribution in [0.3, 0.4) is 0 Å². The molecule has 0 aliphatic rings. The van der Waals surface area contributed by atoms with Gasteiger partial charge in [0.1, 0.15) is 11.5 Å². The van der Waals surface area contributed by atoms with Crippen molar-refractivity contribution in [2.45, 2.75) is 0 Å². The van der Waals surface area contributed by atoms with E-state index in [1.165, 1.54) is 49.6 Å². The van der Waals surface area contributed by atoms with Crippen LogP contribution >= 0.6 is 0 Å². The fourth-order valence-electron chi connectivity index (χ4n) is 1.89. The van der Waals surface area contributed by atoms with Crippen molar-refractivity contribution in [3.63, 3.8) is 0 Å². The van der Waals surface area contributed by atoms with Crippen LogP contribution in [-0.4, -0.2) is 33.5 Å². The van der Waals surface area contributed by atoms with Crippen molar-refractivity contribution in [2.75, 3.05) is 7.11 Å². The van der Waals surface area contributed by atoms with Crippen LogP contribution in [0.15, 0.2) is 36.4 Å². The lowest BCUT2D eigenvalue weighted by Gasteiger charge is -2.09. The summed E-state index contributed by atoms with van der Waals surface area (Å²) in [6.45, 7) is 0. The summed E-state index contributed by atoms with van der Waals surface area (Å²) in [6.07, 6.45) is 1.36. The number of benzene rings is 2. The van der Waals surface area contributed by atoms with Gasteiger partial charge in [0.15, 0.2) is 11.5 Å². The first-order chi connectivity index (χ1) is 10.4. The number of phenols is 4. The van der Waals surface area contributed by atoms with E-state index in [1.54, 1.807) is 0 Å². The Morgan fingerprint density at radius 2 is 1.64 bits per heavy atom. The molecule has 0 aliphatic carbocycles. The van der Waals surface area contributed by atoms with Gasteiger partial charge in [-0.1, -0.05) is 6.07 Å². The normalized spacial score (nSPS) is 11.2. The summed E-state index contributed by atoms with van der Waals surface area (Å²) >= 11 is 0. The third-order valence-corrected chi connectivity index (χ3v) is 2.99. The van der Waals surface area contributed by atoms with Gasteiger partial charge in [-0.15, -0.1) is 0 Å². The Morgan fingerprint density at radius 1 is 0.955 bits per heavy atom. The highest BCUT2D eigenvalue weighted by molar-refractivity contribution is 6.22. The van der Waals surface area contributed by atoms with Crippen molar-refractivity contribution >= 4 is 17.6 Å². The zero-order valence-corrected chi connectivity index (χ0v) is 11.6. The number of hydrogen-bond donors (Lipinski definition) is 4. The number of rotatable bonds is 3. The molecule has 0 unspecified atom stereocenters. The maximum atomic E-state index is 11.9. The predicted octanol–water partition coefficient (Wildman–Crippen LogP) is 2.22. The van der Waals surface area contributed by atoms with E-state index >= 15 is 0 Å². The summed E-state index contributed by atoms with van der Waals surface area (Å²) in [5.74, 6) is -1.71. The molecule has 22 heavy (non-hydrogen) atoms. The molecule has 0 saturated heterocycles. The standard InChI is InChI=1S/C16H14O6/c1-22-16(21)12(11-8-10(17)3-5-13(11)18)6-9-2-4-14(19)15(20)7-9/h2-8,17-20H,1H3. The van der Waals surface area contributed by atoms with Crippen molar-refractivity contribution in [2.24, 2.45) is 0 Å². The molecule has 0 aliphatic heterocycles. The molecule has 0 radical (unpaired) electrons. The van der Waals surface area contributed by atoms with Gasteiger partial charge in [-0.25, -0.2) is 4.79 Å². The maximum Gasteiger partial charge on any atom is 0.338 e. The molecule has 2 rings (SSSR count). The first kappa shape index (κ1) is 15.2. The SMILES string of the molecule is COC(=O)C(=Cc1ccc(O)c(O)c1)c1cc(O)ccc1O. The minimum Gasteiger partial charge on any atom is -0.508 e. The van der Waals surface area contributed by atoms with Crippen LogP contribution in [0.4, 0.5) is 0 Å². The van der Waals surface area contributed by atoms with Crippen LogP contribution in [0.1, 0.15) is 11.1 Å². The van der Waals surface area contributed by atoms with E-state index in [-0.39, 0.29) is 34.1 Å². The quantitative estimate of drug-likeness (QED) is 0.228. The minimum absolute atomic E-state index is 0.0130. The van der Waals surface area contributed by atoms with E-state index in [4.69, 9.17) is 0 Å². The summed E-state index contributed by atoms with van der Waals surface area (Å²) in [7, 11) is 1.18. The molecule has 0 bridgehead atoms. The summed E-state index contributed by atoms with van der Waals surface area (Å²) in [5, 5.41) is 38.2. The minimum atomic E-state index is -0.728. The average Bonchev–Trinajstić information content (AvgIpc) is 2.50. The fourth-order valence-corrected chi connectivity index (χ4v) is 1.89. The zero-order valence-electron chi connectivity index (χ0n) is 11.6. The van der Waals surface area contributed by atoms with Crippen molar-refractivity contribution in [1.82, 2.24) is 0 Å².